The Morgan fingerprint density at radius 1 is 0.618 bits per heavy atom. The summed E-state index contributed by atoms with van der Waals surface area (Å²) in [6, 6.07) is 10.2. The molecular weight excluding hydrogens is 602 g/mol. The summed E-state index contributed by atoms with van der Waals surface area (Å²) in [5.74, 6) is 0. The predicted molar refractivity (Wildman–Crippen MR) is 164 cm³/mol. The van der Waals surface area contributed by atoms with Crippen LogP contribution in [-0.4, -0.2) is 33.3 Å². The number of rotatable bonds is 21. The zero-order valence-corrected chi connectivity index (χ0v) is 28.4. The van der Waals surface area contributed by atoms with Crippen molar-refractivity contribution in [1.82, 2.24) is 0 Å². The number of hydrogen-bond donors (Lipinski definition) is 0. The fourth-order valence-corrected chi connectivity index (χ4v) is 27.7. The summed E-state index contributed by atoms with van der Waals surface area (Å²) in [6.07, 6.45) is 21.5. The van der Waals surface area contributed by atoms with Gasteiger partial charge in [0.05, 0.1) is 0 Å². The second-order valence-electron chi connectivity index (χ2n) is 10.6. The molecule has 3 heteroatoms. The molecule has 0 aliphatic carbocycles. The predicted octanol–water partition coefficient (Wildman–Crippen LogP) is 10.2. The van der Waals surface area contributed by atoms with E-state index < -0.39 is 18.4 Å². The summed E-state index contributed by atoms with van der Waals surface area (Å²) in [5.41, 5.74) is 0. The Bertz CT molecular complexity index is 746. The molecule has 1 aromatic carbocycles. The minimum atomic E-state index is -2.28. The van der Waals surface area contributed by atoms with E-state index in [1.807, 2.05) is 2.89 Å². The van der Waals surface area contributed by atoms with Gasteiger partial charge in [-0.1, -0.05) is 0 Å². The molecule has 2 rings (SSSR count). The third-order valence-electron chi connectivity index (χ3n) is 7.56. The first kappa shape index (κ1) is 30.7. The first-order chi connectivity index (χ1) is 16.7. The van der Waals surface area contributed by atoms with Gasteiger partial charge >= 0.3 is 229 Å². The molecule has 0 aliphatic rings. The van der Waals surface area contributed by atoms with Gasteiger partial charge in [0, 0.05) is 0 Å². The molecule has 1 aromatic heterocycles. The van der Waals surface area contributed by atoms with E-state index in [4.69, 9.17) is 0 Å². The molecule has 2 aromatic rings. The van der Waals surface area contributed by atoms with Crippen LogP contribution in [0.2, 0.25) is 18.6 Å². The van der Waals surface area contributed by atoms with E-state index in [1.54, 1.807) is 27.9 Å². The van der Waals surface area contributed by atoms with E-state index in [2.05, 4.69) is 63.3 Å². The monoisotopic (exact) mass is 658 g/mol. The Hall–Kier alpha value is 0.498. The number of unbranched alkanes of at least 4 members (excludes halogenated alkanes) is 11. The Kier molecular flexibility index (Phi) is 16.9. The quantitative estimate of drug-likeness (QED) is 0.0927. The van der Waals surface area contributed by atoms with Crippen molar-refractivity contribution in [3.8, 4) is 0 Å². The van der Waals surface area contributed by atoms with E-state index in [0.29, 0.717) is 15.0 Å². The molecule has 0 fully saturated rings. The van der Waals surface area contributed by atoms with Gasteiger partial charge in [-0.2, -0.15) is 0 Å². The number of fused-ring (bicyclic) bond motifs is 1. The van der Waals surface area contributed by atoms with Crippen molar-refractivity contribution in [3.05, 3.63) is 24.3 Å². The van der Waals surface area contributed by atoms with Crippen LogP contribution in [0.15, 0.2) is 24.3 Å². The molecular formula is C31H54SSeSn. The fourth-order valence-electron chi connectivity index (χ4n) is 5.26. The molecule has 194 valence electrons. The van der Waals surface area contributed by atoms with Crippen LogP contribution in [-0.2, 0) is 0 Å². The molecule has 0 N–H and O–H groups in total. The molecule has 0 bridgehead atoms. The third-order valence-corrected chi connectivity index (χ3v) is 29.1. The second kappa shape index (κ2) is 18.7. The van der Waals surface area contributed by atoms with E-state index in [-0.39, 0.29) is 0 Å². The maximum atomic E-state index is 2.67. The Balaban J connectivity index is 1.94. The first-order valence-corrected chi connectivity index (χ1v) is 25.2. The maximum absolute atomic E-state index is 2.67. The molecule has 0 radical (unpaired) electrons. The molecule has 0 aliphatic heterocycles. The van der Waals surface area contributed by atoms with E-state index >= 15 is 0 Å². The number of hydrogen-bond acceptors (Lipinski definition) is 1. The van der Waals surface area contributed by atoms with Gasteiger partial charge in [-0.05, 0) is 0 Å². The van der Waals surface area contributed by atoms with Gasteiger partial charge in [-0.15, -0.1) is 0 Å². The first-order valence-electron chi connectivity index (χ1n) is 14.9. The van der Waals surface area contributed by atoms with Gasteiger partial charge < -0.3 is 0 Å². The van der Waals surface area contributed by atoms with Gasteiger partial charge in [0.2, 0.25) is 0 Å². The normalized spacial score (nSPS) is 12.1. The van der Waals surface area contributed by atoms with Crippen LogP contribution in [0.25, 0.3) is 10.1 Å². The molecule has 0 spiro atoms. The van der Waals surface area contributed by atoms with Crippen LogP contribution in [0, 0.1) is 0 Å². The van der Waals surface area contributed by atoms with Crippen LogP contribution < -0.4 is 7.35 Å². The van der Waals surface area contributed by atoms with Gasteiger partial charge in [-0.25, -0.2) is 0 Å². The molecule has 1 heterocycles. The van der Waals surface area contributed by atoms with Gasteiger partial charge in [-0.3, -0.25) is 0 Å². The summed E-state index contributed by atoms with van der Waals surface area (Å²) in [4.78, 5) is 0. The van der Waals surface area contributed by atoms with Crippen molar-refractivity contribution in [1.29, 1.82) is 0 Å². The van der Waals surface area contributed by atoms with Crippen LogP contribution >= 0.6 is 11.3 Å². The number of thiophene rings is 1. The average molecular weight is 657 g/mol. The van der Waals surface area contributed by atoms with E-state index in [9.17, 15) is 0 Å². The van der Waals surface area contributed by atoms with Gasteiger partial charge in [0.15, 0.2) is 0 Å². The van der Waals surface area contributed by atoms with Crippen LogP contribution in [0.3, 0.4) is 0 Å². The Labute approximate surface area is 227 Å². The molecule has 0 unspecified atom stereocenters. The standard InChI is InChI=1S/C19H27SSe.3C4H9.Sn/c1-2-3-4-5-6-7-8-9-10-15-21-18-12-11-17-13-14-20-19(17)16-18;3*1-3-4-2;/h11-13,16H,2-10,15H2,1H3;3*1,3-4H2,2H3;. The van der Waals surface area contributed by atoms with Crippen LogP contribution in [0.4, 0.5) is 0 Å². The summed E-state index contributed by atoms with van der Waals surface area (Å²) in [7, 11) is 0. The van der Waals surface area contributed by atoms with Crippen molar-refractivity contribution < 1.29 is 0 Å². The minimum absolute atomic E-state index is 0.659. The van der Waals surface area contributed by atoms with E-state index in [0.717, 1.165) is 0 Å². The summed E-state index contributed by atoms with van der Waals surface area (Å²) in [5, 5.41) is 2.98. The van der Waals surface area contributed by atoms with Crippen molar-refractivity contribution in [2.75, 3.05) is 0 Å². The second-order valence-corrected chi connectivity index (χ2v) is 28.3. The third kappa shape index (κ3) is 10.9. The molecule has 0 saturated carbocycles. The summed E-state index contributed by atoms with van der Waals surface area (Å²) < 4.78 is 9.92. The van der Waals surface area contributed by atoms with Gasteiger partial charge in [0.25, 0.3) is 0 Å². The summed E-state index contributed by atoms with van der Waals surface area (Å²) in [6.45, 7) is 9.48. The van der Waals surface area contributed by atoms with E-state index in [1.165, 1.54) is 102 Å². The van der Waals surface area contributed by atoms with Crippen LogP contribution in [0.5, 0.6) is 0 Å². The molecule has 0 amide bonds. The molecule has 0 saturated heterocycles. The average Bonchev–Trinajstić information content (AvgIpc) is 3.29. The molecule has 0 atom stereocenters. The zero-order chi connectivity index (χ0) is 24.5. The zero-order valence-electron chi connectivity index (χ0n) is 23.1. The number of benzene rings is 1. The SMILES string of the molecule is CCCCCCCCCCC[Se]c1ccc2c[c]([Sn]([CH2]CCC)([CH2]CCC)[CH2]CCC)sc2c1. The fraction of sp³-hybridized carbons (Fsp3) is 0.742. The topological polar surface area (TPSA) is 0 Å². The van der Waals surface area contributed by atoms with Crippen molar-refractivity contribution in [2.24, 2.45) is 0 Å². The van der Waals surface area contributed by atoms with Crippen LogP contribution in [0.1, 0.15) is 124 Å². The Morgan fingerprint density at radius 2 is 1.15 bits per heavy atom. The Morgan fingerprint density at radius 3 is 1.71 bits per heavy atom. The van der Waals surface area contributed by atoms with Crippen molar-refractivity contribution >= 4 is 62.1 Å². The molecule has 34 heavy (non-hydrogen) atoms. The molecule has 0 nitrogen and oxygen atoms in total. The summed E-state index contributed by atoms with van der Waals surface area (Å²) >= 11 is 0.607. The van der Waals surface area contributed by atoms with Gasteiger partial charge in [0.1, 0.15) is 0 Å². The van der Waals surface area contributed by atoms with Crippen molar-refractivity contribution in [2.45, 2.75) is 143 Å². The van der Waals surface area contributed by atoms with Crippen molar-refractivity contribution in [3.63, 3.8) is 0 Å².